The molecule has 0 aliphatic carbocycles. The van der Waals surface area contributed by atoms with Gasteiger partial charge in [-0.25, -0.2) is 0 Å². The van der Waals surface area contributed by atoms with Crippen molar-refractivity contribution < 1.29 is 9.90 Å². The zero-order valence-corrected chi connectivity index (χ0v) is 24.1. The van der Waals surface area contributed by atoms with Crippen LogP contribution in [0.2, 0.25) is 5.02 Å². The van der Waals surface area contributed by atoms with Crippen LogP contribution in [0.15, 0.2) is 76.5 Å². The highest BCUT2D eigenvalue weighted by atomic mass is 35.5. The number of benzene rings is 3. The van der Waals surface area contributed by atoms with Crippen molar-refractivity contribution in [3.05, 3.63) is 94.1 Å². The van der Waals surface area contributed by atoms with E-state index in [1.807, 2.05) is 38.1 Å². The molecule has 3 nitrogen and oxygen atoms in total. The van der Waals surface area contributed by atoms with E-state index in [0.29, 0.717) is 29.8 Å². The van der Waals surface area contributed by atoms with Crippen LogP contribution in [0.4, 0.5) is 0 Å². The van der Waals surface area contributed by atoms with Gasteiger partial charge in [-0.15, -0.1) is 0 Å². The molecular formula is C32H36ClNO2S. The first-order valence-corrected chi connectivity index (χ1v) is 14.1. The fourth-order valence-electron chi connectivity index (χ4n) is 4.65. The number of aliphatic carboxylic acids is 1. The summed E-state index contributed by atoms with van der Waals surface area (Å²) < 4.78 is 2.31. The number of carboxylic acid groups (broad SMARTS) is 1. The number of rotatable bonds is 9. The fourth-order valence-corrected chi connectivity index (χ4v) is 6.14. The number of nitrogens with zero attached hydrogens (tertiary/aromatic N) is 1. The van der Waals surface area contributed by atoms with Crippen LogP contribution in [0.25, 0.3) is 10.9 Å². The summed E-state index contributed by atoms with van der Waals surface area (Å²) in [5.41, 5.74) is 4.97. The summed E-state index contributed by atoms with van der Waals surface area (Å²) in [6.45, 7) is 13.1. The lowest BCUT2D eigenvalue weighted by Gasteiger charge is -2.22. The second kappa shape index (κ2) is 11.0. The minimum Gasteiger partial charge on any atom is -0.481 e. The van der Waals surface area contributed by atoms with E-state index in [9.17, 15) is 9.90 Å². The summed E-state index contributed by atoms with van der Waals surface area (Å²) in [6, 6.07) is 23.2. The Bertz CT molecular complexity index is 1420. The van der Waals surface area contributed by atoms with Crippen LogP contribution in [0.5, 0.6) is 0 Å². The summed E-state index contributed by atoms with van der Waals surface area (Å²) in [5.74, 6) is -0.0165. The topological polar surface area (TPSA) is 42.2 Å². The van der Waals surface area contributed by atoms with Gasteiger partial charge in [0.2, 0.25) is 0 Å². The molecule has 0 aliphatic rings. The summed E-state index contributed by atoms with van der Waals surface area (Å²) in [4.78, 5) is 14.6. The largest absolute Gasteiger partial charge is 0.481 e. The van der Waals surface area contributed by atoms with Gasteiger partial charge in [-0.05, 0) is 72.7 Å². The Balaban J connectivity index is 1.99. The molecular weight excluding hydrogens is 498 g/mol. The molecule has 0 bridgehead atoms. The Labute approximate surface area is 229 Å². The maximum Gasteiger partial charge on any atom is 0.309 e. The first-order valence-electron chi connectivity index (χ1n) is 12.9. The van der Waals surface area contributed by atoms with Gasteiger partial charge in [0.25, 0.3) is 0 Å². The molecule has 0 spiro atoms. The summed E-state index contributed by atoms with van der Waals surface area (Å²) >= 11 is 7.94. The van der Waals surface area contributed by atoms with Gasteiger partial charge in [0.1, 0.15) is 0 Å². The number of carbonyl (C=O) groups is 1. The van der Waals surface area contributed by atoms with E-state index < -0.39 is 11.4 Å². The molecule has 0 saturated carbocycles. The second-order valence-electron chi connectivity index (χ2n) is 11.1. The first kappa shape index (κ1) is 27.3. The molecule has 1 heterocycles. The number of hydrogen-bond acceptors (Lipinski definition) is 2. The van der Waals surface area contributed by atoms with Gasteiger partial charge < -0.3 is 9.67 Å². The van der Waals surface area contributed by atoms with Crippen molar-refractivity contribution in [1.29, 1.82) is 0 Å². The third-order valence-corrected chi connectivity index (χ3v) is 8.51. The number of carboxylic acids is 1. The lowest BCUT2D eigenvalue weighted by molar-refractivity contribution is -0.146. The molecule has 0 aliphatic heterocycles. The van der Waals surface area contributed by atoms with E-state index in [2.05, 4.69) is 74.7 Å². The summed E-state index contributed by atoms with van der Waals surface area (Å²) in [7, 11) is 0. The third-order valence-electron chi connectivity index (χ3n) is 7.01. The lowest BCUT2D eigenvalue weighted by Crippen LogP contribution is -2.27. The van der Waals surface area contributed by atoms with Crippen LogP contribution >= 0.6 is 23.4 Å². The molecule has 0 amide bonds. The van der Waals surface area contributed by atoms with Crippen molar-refractivity contribution in [1.82, 2.24) is 4.57 Å². The summed E-state index contributed by atoms with van der Waals surface area (Å²) in [6.07, 6.45) is 0.424. The standard InChI is InChI=1S/C32H36ClNO2S/c1-20(2)23-13-16-27-26(17-23)30(37-29-10-8-7-9-25(29)21(3)4)28(18-32(5,6)31(35)36)34(27)19-22-11-14-24(33)15-12-22/h7-17,20-21H,18-19H2,1-6H3,(H,35,36). The molecule has 3 aromatic carbocycles. The number of fused-ring (bicyclic) bond motifs is 1. The van der Waals surface area contributed by atoms with E-state index in [1.54, 1.807) is 11.8 Å². The predicted octanol–water partition coefficient (Wildman–Crippen LogP) is 9.39. The molecule has 0 unspecified atom stereocenters. The summed E-state index contributed by atoms with van der Waals surface area (Å²) in [5, 5.41) is 12.0. The molecule has 0 radical (unpaired) electrons. The van der Waals surface area contributed by atoms with Crippen molar-refractivity contribution in [3.8, 4) is 0 Å². The van der Waals surface area contributed by atoms with E-state index >= 15 is 0 Å². The average molecular weight is 534 g/mol. The van der Waals surface area contributed by atoms with Gasteiger partial charge in [0.05, 0.1) is 5.41 Å². The molecule has 0 fully saturated rings. The Morgan fingerprint density at radius 3 is 2.27 bits per heavy atom. The molecule has 4 rings (SSSR count). The SMILES string of the molecule is CC(C)c1ccc2c(c1)c(Sc1ccccc1C(C)C)c(CC(C)(C)C(=O)O)n2Cc1ccc(Cl)cc1. The van der Waals surface area contributed by atoms with E-state index in [-0.39, 0.29) is 0 Å². The highest BCUT2D eigenvalue weighted by Gasteiger charge is 2.32. The molecule has 4 aromatic rings. The van der Waals surface area contributed by atoms with Gasteiger partial charge in [-0.1, -0.05) is 87.5 Å². The van der Waals surface area contributed by atoms with E-state index in [0.717, 1.165) is 21.7 Å². The van der Waals surface area contributed by atoms with Gasteiger partial charge in [-0.2, -0.15) is 0 Å². The van der Waals surface area contributed by atoms with Crippen LogP contribution in [-0.4, -0.2) is 15.6 Å². The third kappa shape index (κ3) is 5.91. The smallest absolute Gasteiger partial charge is 0.309 e. The lowest BCUT2D eigenvalue weighted by atomic mass is 9.88. The molecule has 1 aromatic heterocycles. The molecule has 0 saturated heterocycles. The Kier molecular flexibility index (Phi) is 8.11. The van der Waals surface area contributed by atoms with Crippen molar-refractivity contribution in [2.45, 2.75) is 76.1 Å². The molecule has 194 valence electrons. The zero-order valence-electron chi connectivity index (χ0n) is 22.5. The highest BCUT2D eigenvalue weighted by molar-refractivity contribution is 7.99. The average Bonchev–Trinajstić information content (AvgIpc) is 3.11. The molecule has 37 heavy (non-hydrogen) atoms. The minimum atomic E-state index is -0.917. The minimum absolute atomic E-state index is 0.385. The van der Waals surface area contributed by atoms with Crippen molar-refractivity contribution in [2.75, 3.05) is 0 Å². The van der Waals surface area contributed by atoms with Crippen LogP contribution < -0.4 is 0 Å². The van der Waals surface area contributed by atoms with Crippen LogP contribution in [-0.2, 0) is 17.8 Å². The predicted molar refractivity (Wildman–Crippen MR) is 156 cm³/mol. The van der Waals surface area contributed by atoms with Crippen LogP contribution in [0, 0.1) is 5.41 Å². The van der Waals surface area contributed by atoms with Gasteiger partial charge in [-0.3, -0.25) is 4.79 Å². The van der Waals surface area contributed by atoms with E-state index in [1.165, 1.54) is 21.4 Å². The van der Waals surface area contributed by atoms with Crippen LogP contribution in [0.1, 0.15) is 75.8 Å². The quantitative estimate of drug-likeness (QED) is 0.233. The Morgan fingerprint density at radius 2 is 1.65 bits per heavy atom. The highest BCUT2D eigenvalue weighted by Crippen LogP contribution is 2.44. The monoisotopic (exact) mass is 533 g/mol. The molecule has 1 N–H and O–H groups in total. The van der Waals surface area contributed by atoms with Gasteiger partial charge >= 0.3 is 5.97 Å². The zero-order chi connectivity index (χ0) is 26.9. The maximum absolute atomic E-state index is 12.3. The Morgan fingerprint density at radius 1 is 0.973 bits per heavy atom. The van der Waals surface area contributed by atoms with Crippen molar-refractivity contribution >= 4 is 40.2 Å². The second-order valence-corrected chi connectivity index (χ2v) is 12.6. The van der Waals surface area contributed by atoms with Gasteiger partial charge in [0, 0.05) is 44.4 Å². The maximum atomic E-state index is 12.3. The van der Waals surface area contributed by atoms with Crippen LogP contribution in [0.3, 0.4) is 0 Å². The number of halogens is 1. The van der Waals surface area contributed by atoms with E-state index in [4.69, 9.17) is 11.6 Å². The normalized spacial score (nSPS) is 12.1. The molecule has 0 atom stereocenters. The first-order chi connectivity index (χ1) is 17.5. The molecule has 5 heteroatoms. The van der Waals surface area contributed by atoms with Crippen molar-refractivity contribution in [3.63, 3.8) is 0 Å². The fraction of sp³-hybridized carbons (Fsp3) is 0.344. The Hall–Kier alpha value is -2.69. The number of aromatic nitrogens is 1. The van der Waals surface area contributed by atoms with Gasteiger partial charge in [0.15, 0.2) is 0 Å². The van der Waals surface area contributed by atoms with Crippen molar-refractivity contribution in [2.24, 2.45) is 5.41 Å². The number of hydrogen-bond donors (Lipinski definition) is 1.